The topological polar surface area (TPSA) is 71.8 Å². The summed E-state index contributed by atoms with van der Waals surface area (Å²) in [6.07, 6.45) is 0.463. The van der Waals surface area contributed by atoms with Crippen molar-refractivity contribution in [3.05, 3.63) is 39.7 Å². The highest BCUT2D eigenvalue weighted by atomic mass is 35.5. The first kappa shape index (κ1) is 18.6. The van der Waals surface area contributed by atoms with Crippen LogP contribution in [0.2, 0.25) is 5.02 Å². The van der Waals surface area contributed by atoms with Crippen LogP contribution < -0.4 is 10.9 Å². The van der Waals surface area contributed by atoms with Crippen molar-refractivity contribution in [1.82, 2.24) is 4.90 Å². The maximum absolute atomic E-state index is 12.0. The number of amides is 1. The fourth-order valence-corrected chi connectivity index (χ4v) is 3.61. The summed E-state index contributed by atoms with van der Waals surface area (Å²) in [5, 5.41) is 4.82. The van der Waals surface area contributed by atoms with Crippen LogP contribution >= 0.6 is 11.6 Å². The number of rotatable bonds is 3. The summed E-state index contributed by atoms with van der Waals surface area (Å²) in [6, 6.07) is 6.70. The molecule has 2 aromatic rings. The quantitative estimate of drug-likeness (QED) is 0.813. The second-order valence-corrected chi connectivity index (χ2v) is 7.65. The molecule has 26 heavy (non-hydrogen) atoms. The highest BCUT2D eigenvalue weighted by Gasteiger charge is 2.38. The van der Waals surface area contributed by atoms with Crippen LogP contribution in [0.5, 0.6) is 0 Å². The third-order valence-electron chi connectivity index (χ3n) is 4.79. The average molecular weight is 379 g/mol. The highest BCUT2D eigenvalue weighted by molar-refractivity contribution is 6.31. The molecule has 1 saturated heterocycles. The number of carbonyl (C=O) groups excluding carboxylic acids is 1. The van der Waals surface area contributed by atoms with Crippen molar-refractivity contribution >= 4 is 34.4 Å². The fourth-order valence-electron chi connectivity index (χ4n) is 3.44. The lowest BCUT2D eigenvalue weighted by Crippen LogP contribution is -2.53. The Morgan fingerprint density at radius 1 is 1.42 bits per heavy atom. The van der Waals surface area contributed by atoms with Gasteiger partial charge in [-0.2, -0.15) is 0 Å². The smallest absolute Gasteiger partial charge is 0.409 e. The molecule has 0 aliphatic carbocycles. The maximum Gasteiger partial charge on any atom is 0.409 e. The van der Waals surface area contributed by atoms with E-state index in [1.807, 2.05) is 0 Å². The summed E-state index contributed by atoms with van der Waals surface area (Å²) in [4.78, 5) is 25.7. The van der Waals surface area contributed by atoms with Crippen LogP contribution in [0.1, 0.15) is 27.2 Å². The van der Waals surface area contributed by atoms with Gasteiger partial charge in [0.15, 0.2) is 0 Å². The first-order valence-electron chi connectivity index (χ1n) is 8.72. The van der Waals surface area contributed by atoms with Crippen molar-refractivity contribution in [3.63, 3.8) is 0 Å². The predicted molar refractivity (Wildman–Crippen MR) is 102 cm³/mol. The zero-order valence-electron chi connectivity index (χ0n) is 15.2. The number of nitrogens with one attached hydrogen (secondary N) is 1. The van der Waals surface area contributed by atoms with E-state index in [0.717, 1.165) is 11.8 Å². The number of carbonyl (C=O) groups is 1. The lowest BCUT2D eigenvalue weighted by molar-refractivity contribution is 0.0647. The molecule has 0 bridgehead atoms. The number of hydrogen-bond donors (Lipinski definition) is 1. The van der Waals surface area contributed by atoms with Crippen molar-refractivity contribution in [2.75, 3.05) is 25.0 Å². The standard InChI is InChI=1S/C19H23ClN2O4/c1-4-25-18(24)22-8-7-16(19(2,3)11-22)21-14-10-17(23)26-15-6-5-12(20)9-13(14)15/h5-6,9-10,16,21H,4,7-8,11H2,1-3H3. The van der Waals surface area contributed by atoms with Gasteiger partial charge in [0.25, 0.3) is 0 Å². The summed E-state index contributed by atoms with van der Waals surface area (Å²) >= 11 is 6.11. The van der Waals surface area contributed by atoms with Gasteiger partial charge >= 0.3 is 11.7 Å². The number of likely N-dealkylation sites (tertiary alicyclic amines) is 1. The van der Waals surface area contributed by atoms with Crippen molar-refractivity contribution in [1.29, 1.82) is 0 Å². The van der Waals surface area contributed by atoms with E-state index in [4.69, 9.17) is 20.8 Å². The van der Waals surface area contributed by atoms with Crippen molar-refractivity contribution < 1.29 is 13.9 Å². The minimum absolute atomic E-state index is 0.0807. The number of fused-ring (bicyclic) bond motifs is 1. The third kappa shape index (κ3) is 3.80. The Morgan fingerprint density at radius 2 is 2.19 bits per heavy atom. The summed E-state index contributed by atoms with van der Waals surface area (Å²) in [5.74, 6) is 0. The van der Waals surface area contributed by atoms with Gasteiger partial charge in [0, 0.05) is 41.0 Å². The molecule has 7 heteroatoms. The van der Waals surface area contributed by atoms with Gasteiger partial charge < -0.3 is 19.4 Å². The molecule has 0 radical (unpaired) electrons. The first-order chi connectivity index (χ1) is 12.3. The van der Waals surface area contributed by atoms with Crippen LogP contribution in [0.3, 0.4) is 0 Å². The minimum Gasteiger partial charge on any atom is -0.450 e. The molecule has 0 saturated carbocycles. The summed E-state index contributed by atoms with van der Waals surface area (Å²) in [6.45, 7) is 7.52. The van der Waals surface area contributed by atoms with Gasteiger partial charge in [-0.1, -0.05) is 25.4 Å². The second-order valence-electron chi connectivity index (χ2n) is 7.21. The Hall–Kier alpha value is -2.21. The number of anilines is 1. The maximum atomic E-state index is 12.0. The Morgan fingerprint density at radius 3 is 2.88 bits per heavy atom. The molecule has 1 unspecified atom stereocenters. The third-order valence-corrected chi connectivity index (χ3v) is 5.02. The van der Waals surface area contributed by atoms with Crippen LogP contribution in [0.4, 0.5) is 10.5 Å². The molecule has 140 valence electrons. The number of nitrogens with zero attached hydrogens (tertiary/aromatic N) is 1. The molecule has 1 aliphatic heterocycles. The predicted octanol–water partition coefficient (Wildman–Crippen LogP) is 4.12. The fraction of sp³-hybridized carbons (Fsp3) is 0.474. The molecule has 0 spiro atoms. The minimum atomic E-state index is -0.413. The molecule has 1 aromatic carbocycles. The Bertz CT molecular complexity index is 877. The lowest BCUT2D eigenvalue weighted by Gasteiger charge is -2.44. The molecule has 1 atom stereocenters. The Balaban J connectivity index is 1.85. The lowest BCUT2D eigenvalue weighted by atomic mass is 9.79. The molecule has 1 fully saturated rings. The van der Waals surface area contributed by atoms with E-state index in [1.165, 1.54) is 6.07 Å². The summed E-state index contributed by atoms with van der Waals surface area (Å²) < 4.78 is 10.4. The van der Waals surface area contributed by atoms with Gasteiger partial charge in [-0.15, -0.1) is 0 Å². The molecular weight excluding hydrogens is 356 g/mol. The van der Waals surface area contributed by atoms with Crippen molar-refractivity contribution in [2.45, 2.75) is 33.2 Å². The van der Waals surface area contributed by atoms with Gasteiger partial charge in [0.05, 0.1) is 12.3 Å². The molecule has 2 heterocycles. The van der Waals surface area contributed by atoms with E-state index in [0.29, 0.717) is 36.0 Å². The first-order valence-corrected chi connectivity index (χ1v) is 9.09. The number of hydrogen-bond acceptors (Lipinski definition) is 5. The summed E-state index contributed by atoms with van der Waals surface area (Å²) in [5.41, 5.74) is 0.572. The van der Waals surface area contributed by atoms with Crippen LogP contribution in [-0.2, 0) is 4.74 Å². The molecule has 3 rings (SSSR count). The second kappa shape index (κ2) is 7.19. The molecule has 1 aromatic heterocycles. The van der Waals surface area contributed by atoms with E-state index in [9.17, 15) is 9.59 Å². The van der Waals surface area contributed by atoms with Gasteiger partial charge in [0.2, 0.25) is 0 Å². The van der Waals surface area contributed by atoms with Crippen LogP contribution in [0, 0.1) is 5.41 Å². The van der Waals surface area contributed by atoms with Crippen molar-refractivity contribution in [3.8, 4) is 0 Å². The van der Waals surface area contributed by atoms with E-state index < -0.39 is 5.63 Å². The average Bonchev–Trinajstić information content (AvgIpc) is 2.57. The monoisotopic (exact) mass is 378 g/mol. The zero-order valence-corrected chi connectivity index (χ0v) is 15.9. The number of benzene rings is 1. The van der Waals surface area contributed by atoms with Gasteiger partial charge in [0.1, 0.15) is 5.58 Å². The molecule has 1 aliphatic rings. The molecule has 6 nitrogen and oxygen atoms in total. The number of ether oxygens (including phenoxy) is 1. The number of halogens is 1. The van der Waals surface area contributed by atoms with Gasteiger partial charge in [-0.25, -0.2) is 9.59 Å². The Labute approximate surface area is 157 Å². The Kier molecular flexibility index (Phi) is 5.14. The highest BCUT2D eigenvalue weighted by Crippen LogP contribution is 2.34. The zero-order chi connectivity index (χ0) is 18.9. The molecule has 1 amide bonds. The van der Waals surface area contributed by atoms with E-state index >= 15 is 0 Å². The van der Waals surface area contributed by atoms with E-state index in [2.05, 4.69) is 19.2 Å². The van der Waals surface area contributed by atoms with Crippen LogP contribution in [0.25, 0.3) is 11.0 Å². The normalized spacial score (nSPS) is 19.4. The van der Waals surface area contributed by atoms with Crippen LogP contribution in [-0.4, -0.2) is 36.7 Å². The van der Waals surface area contributed by atoms with E-state index in [-0.39, 0.29) is 17.6 Å². The number of piperidine rings is 1. The largest absolute Gasteiger partial charge is 0.450 e. The van der Waals surface area contributed by atoms with Gasteiger partial charge in [-0.05, 0) is 31.5 Å². The van der Waals surface area contributed by atoms with Crippen LogP contribution in [0.15, 0.2) is 33.5 Å². The summed E-state index contributed by atoms with van der Waals surface area (Å²) in [7, 11) is 0. The van der Waals surface area contributed by atoms with E-state index in [1.54, 1.807) is 30.0 Å². The van der Waals surface area contributed by atoms with Crippen molar-refractivity contribution in [2.24, 2.45) is 5.41 Å². The SMILES string of the molecule is CCOC(=O)N1CCC(Nc2cc(=O)oc3ccc(Cl)cc23)C(C)(C)C1. The molecular formula is C19H23ClN2O4. The molecule has 1 N–H and O–H groups in total. The van der Waals surface area contributed by atoms with Gasteiger partial charge in [-0.3, -0.25) is 0 Å².